The molecule has 4 saturated carbocycles. The maximum absolute atomic E-state index is 13.8. The van der Waals surface area contributed by atoms with Crippen LogP contribution in [0.15, 0.2) is 54.6 Å². The van der Waals surface area contributed by atoms with Crippen LogP contribution >= 0.6 is 0 Å². The number of halogens is 1. The lowest BCUT2D eigenvalue weighted by atomic mass is 9.48. The van der Waals surface area contributed by atoms with Crippen molar-refractivity contribution in [2.75, 3.05) is 0 Å². The molecule has 2 aromatic carbocycles. The number of nitrogens with one attached hydrogen (secondary N) is 1. The molecule has 0 amide bonds. The monoisotopic (exact) mass is 527 g/mol. The molecule has 39 heavy (non-hydrogen) atoms. The minimum Gasteiger partial charge on any atom is -0.295 e. The minimum atomic E-state index is -0.216. The molecule has 2 atom stereocenters. The van der Waals surface area contributed by atoms with Gasteiger partial charge in [0, 0.05) is 12.0 Å². The molecule has 0 spiro atoms. The Morgan fingerprint density at radius 1 is 1.00 bits per heavy atom. The molecule has 5 heteroatoms. The van der Waals surface area contributed by atoms with Gasteiger partial charge in [-0.3, -0.25) is 4.84 Å². The fraction of sp³-hybridized carbons (Fsp3) is 0.559. The molecule has 1 heterocycles. The number of hydroxylamine groups is 1. The molecule has 5 aliphatic carbocycles. The molecule has 3 aromatic rings. The van der Waals surface area contributed by atoms with Crippen LogP contribution in [0.5, 0.6) is 0 Å². The van der Waals surface area contributed by atoms with E-state index < -0.39 is 0 Å². The van der Waals surface area contributed by atoms with Gasteiger partial charge in [0.1, 0.15) is 12.4 Å². The van der Waals surface area contributed by atoms with E-state index in [9.17, 15) is 4.39 Å². The van der Waals surface area contributed by atoms with Crippen LogP contribution in [0.3, 0.4) is 0 Å². The van der Waals surface area contributed by atoms with E-state index in [1.54, 1.807) is 0 Å². The molecule has 8 rings (SSSR count). The number of aromatic nitrogens is 2. The Morgan fingerprint density at radius 3 is 2.38 bits per heavy atom. The molecule has 2 unspecified atom stereocenters. The summed E-state index contributed by atoms with van der Waals surface area (Å²) in [6, 6.07) is 17.9. The number of aryl methyl sites for hydroxylation is 1. The predicted molar refractivity (Wildman–Crippen MR) is 152 cm³/mol. The number of hydrogen-bond acceptors (Lipinski definition) is 3. The van der Waals surface area contributed by atoms with Gasteiger partial charge in [0.25, 0.3) is 0 Å². The zero-order valence-electron chi connectivity index (χ0n) is 23.2. The normalized spacial score (nSPS) is 29.9. The highest BCUT2D eigenvalue weighted by Crippen LogP contribution is 2.61. The average Bonchev–Trinajstić information content (AvgIpc) is 3.31. The van der Waals surface area contributed by atoms with Gasteiger partial charge in [-0.25, -0.2) is 9.07 Å². The van der Waals surface area contributed by atoms with Crippen molar-refractivity contribution in [2.45, 2.75) is 96.1 Å². The van der Waals surface area contributed by atoms with Crippen molar-refractivity contribution < 1.29 is 9.23 Å². The fourth-order valence-corrected chi connectivity index (χ4v) is 9.09. The third-order valence-corrected chi connectivity index (χ3v) is 10.6. The van der Waals surface area contributed by atoms with Gasteiger partial charge in [-0.2, -0.15) is 10.6 Å². The lowest BCUT2D eigenvalue weighted by molar-refractivity contribution is -0.110. The molecule has 0 radical (unpaired) electrons. The molecule has 4 bridgehead atoms. The highest BCUT2D eigenvalue weighted by Gasteiger charge is 2.53. The van der Waals surface area contributed by atoms with E-state index in [2.05, 4.69) is 47.4 Å². The predicted octanol–water partition coefficient (Wildman–Crippen LogP) is 7.69. The second-order valence-corrected chi connectivity index (χ2v) is 13.2. The first-order chi connectivity index (χ1) is 19.1. The van der Waals surface area contributed by atoms with Crippen molar-refractivity contribution in [1.29, 1.82) is 0 Å². The largest absolute Gasteiger partial charge is 0.295 e. The summed E-state index contributed by atoms with van der Waals surface area (Å²) in [6.45, 7) is 2.82. The summed E-state index contributed by atoms with van der Waals surface area (Å²) in [6.07, 6.45) is 14.0. The van der Waals surface area contributed by atoms with E-state index in [0.717, 1.165) is 54.8 Å². The van der Waals surface area contributed by atoms with Gasteiger partial charge in [-0.15, -0.1) is 0 Å². The van der Waals surface area contributed by atoms with Crippen LogP contribution in [0.2, 0.25) is 0 Å². The van der Waals surface area contributed by atoms with E-state index in [-0.39, 0.29) is 5.82 Å². The summed E-state index contributed by atoms with van der Waals surface area (Å²) in [4.78, 5) is 6.28. The number of nitrogens with zero attached hydrogens (tertiary/aromatic N) is 2. The third-order valence-electron chi connectivity index (χ3n) is 10.6. The van der Waals surface area contributed by atoms with Crippen LogP contribution in [0.1, 0.15) is 93.1 Å². The van der Waals surface area contributed by atoms with E-state index in [1.807, 2.05) is 12.1 Å². The van der Waals surface area contributed by atoms with Crippen molar-refractivity contribution in [3.8, 4) is 5.69 Å². The van der Waals surface area contributed by atoms with Gasteiger partial charge in [0.2, 0.25) is 0 Å². The maximum atomic E-state index is 13.8. The topological polar surface area (TPSA) is 39.1 Å². The molecule has 4 fully saturated rings. The molecule has 1 N–H and O–H groups in total. The summed E-state index contributed by atoms with van der Waals surface area (Å²) in [7, 11) is 0. The van der Waals surface area contributed by atoms with E-state index in [4.69, 9.17) is 9.94 Å². The molecular weight excluding hydrogens is 485 g/mol. The summed E-state index contributed by atoms with van der Waals surface area (Å²) in [5.74, 6) is 3.02. The summed E-state index contributed by atoms with van der Waals surface area (Å²) < 4.78 is 15.9. The van der Waals surface area contributed by atoms with Crippen LogP contribution in [0.4, 0.5) is 4.39 Å². The Hall–Kier alpha value is -2.50. The van der Waals surface area contributed by atoms with Crippen molar-refractivity contribution in [3.05, 3.63) is 82.9 Å². The minimum absolute atomic E-state index is 0.216. The summed E-state index contributed by atoms with van der Waals surface area (Å²) in [5.41, 5.74) is 9.90. The van der Waals surface area contributed by atoms with E-state index in [0.29, 0.717) is 24.0 Å². The molecule has 1 aromatic heterocycles. The van der Waals surface area contributed by atoms with Crippen molar-refractivity contribution >= 4 is 0 Å². The number of benzene rings is 2. The second kappa shape index (κ2) is 10.5. The van der Waals surface area contributed by atoms with Crippen LogP contribution in [0, 0.1) is 29.0 Å². The highest BCUT2D eigenvalue weighted by molar-refractivity contribution is 5.41. The first-order valence-electron chi connectivity index (χ1n) is 15.3. The number of rotatable bonds is 9. The molecule has 4 nitrogen and oxygen atoms in total. The van der Waals surface area contributed by atoms with Gasteiger partial charge < -0.3 is 0 Å². The van der Waals surface area contributed by atoms with Crippen LogP contribution < -0.4 is 5.48 Å². The Kier molecular flexibility index (Phi) is 6.84. The SMILES string of the molecule is CC(NOCc1nn(-c2ccc(F)cc2)c2c1CCCC2CCc1ccccc1)C12CC3CC(CC(C3)C1)C2. The first kappa shape index (κ1) is 25.5. The number of hydrogen-bond donors (Lipinski definition) is 1. The van der Waals surface area contributed by atoms with Gasteiger partial charge in [-0.05, 0) is 136 Å². The first-order valence-corrected chi connectivity index (χ1v) is 15.3. The lowest BCUT2D eigenvalue weighted by Crippen LogP contribution is -2.54. The average molecular weight is 528 g/mol. The summed E-state index contributed by atoms with van der Waals surface area (Å²) >= 11 is 0. The third kappa shape index (κ3) is 4.97. The zero-order valence-corrected chi connectivity index (χ0v) is 23.2. The lowest BCUT2D eigenvalue weighted by Gasteiger charge is -2.59. The summed E-state index contributed by atoms with van der Waals surface area (Å²) in [5, 5.41) is 5.12. The van der Waals surface area contributed by atoms with Gasteiger partial charge in [0.05, 0.1) is 17.1 Å². The maximum Gasteiger partial charge on any atom is 0.123 e. The highest BCUT2D eigenvalue weighted by atomic mass is 19.1. The second-order valence-electron chi connectivity index (χ2n) is 13.2. The molecule has 206 valence electrons. The van der Waals surface area contributed by atoms with Crippen LogP contribution in [-0.2, 0) is 24.3 Å². The molecular formula is C34H42FN3O. The van der Waals surface area contributed by atoms with Crippen molar-refractivity contribution in [2.24, 2.45) is 23.2 Å². The van der Waals surface area contributed by atoms with Crippen LogP contribution in [-0.4, -0.2) is 15.8 Å². The molecule has 0 aliphatic heterocycles. The quantitative estimate of drug-likeness (QED) is 0.290. The number of fused-ring (bicyclic) bond motifs is 1. The van der Waals surface area contributed by atoms with Gasteiger partial charge >= 0.3 is 0 Å². The molecule has 0 saturated heterocycles. The molecule has 5 aliphatic rings. The zero-order chi connectivity index (χ0) is 26.4. The van der Waals surface area contributed by atoms with Gasteiger partial charge in [0.15, 0.2) is 0 Å². The Labute approximate surface area is 232 Å². The van der Waals surface area contributed by atoms with Crippen molar-refractivity contribution in [1.82, 2.24) is 15.3 Å². The van der Waals surface area contributed by atoms with E-state index in [1.165, 1.54) is 73.9 Å². The Balaban J connectivity index is 1.10. The Morgan fingerprint density at radius 2 is 1.69 bits per heavy atom. The van der Waals surface area contributed by atoms with E-state index >= 15 is 0 Å². The van der Waals surface area contributed by atoms with Gasteiger partial charge in [-0.1, -0.05) is 30.3 Å². The smallest absolute Gasteiger partial charge is 0.123 e. The fourth-order valence-electron chi connectivity index (χ4n) is 9.09. The van der Waals surface area contributed by atoms with Crippen LogP contribution in [0.25, 0.3) is 5.69 Å². The Bertz CT molecular complexity index is 1250. The van der Waals surface area contributed by atoms with Crippen molar-refractivity contribution in [3.63, 3.8) is 0 Å². The standard InChI is InChI=1S/C34H42FN3O/c1-23(34-19-25-16-26(20-34)18-27(17-25)21-34)37-39-22-32-31-9-5-8-28(11-10-24-6-3-2-4-7-24)33(31)38(36-32)30-14-12-29(35)13-15-30/h2-4,6-7,12-15,23,25-28,37H,5,8-11,16-22H2,1H3.